The lowest BCUT2D eigenvalue weighted by atomic mass is 10.1. The first-order valence-corrected chi connectivity index (χ1v) is 7.16. The van der Waals surface area contributed by atoms with E-state index in [1.807, 2.05) is 0 Å². The van der Waals surface area contributed by atoms with Gasteiger partial charge in [0.1, 0.15) is 0 Å². The molecule has 16 heavy (non-hydrogen) atoms. The van der Waals surface area contributed by atoms with Crippen molar-refractivity contribution in [1.29, 1.82) is 0 Å². The van der Waals surface area contributed by atoms with E-state index in [0.29, 0.717) is 6.54 Å². The van der Waals surface area contributed by atoms with Gasteiger partial charge in [0.05, 0.1) is 0 Å². The van der Waals surface area contributed by atoms with Crippen molar-refractivity contribution in [2.75, 3.05) is 17.7 Å². The summed E-state index contributed by atoms with van der Waals surface area (Å²) in [7, 11) is 0. The second kappa shape index (κ2) is 5.11. The van der Waals surface area contributed by atoms with Crippen LogP contribution in [0.4, 0.5) is 5.69 Å². The summed E-state index contributed by atoms with van der Waals surface area (Å²) in [4.78, 5) is 3.82. The van der Waals surface area contributed by atoms with Crippen molar-refractivity contribution >= 4 is 17.4 Å². The molecule has 0 spiro atoms. The van der Waals surface area contributed by atoms with E-state index in [4.69, 9.17) is 5.73 Å². The largest absolute Gasteiger partial charge is 0.369 e. The summed E-state index contributed by atoms with van der Waals surface area (Å²) < 4.78 is 0. The van der Waals surface area contributed by atoms with E-state index in [1.165, 1.54) is 29.0 Å². The van der Waals surface area contributed by atoms with Gasteiger partial charge >= 0.3 is 0 Å². The van der Waals surface area contributed by atoms with Gasteiger partial charge in [0.25, 0.3) is 0 Å². The standard InChI is InChI=1S/C13H20N2S/c1-3-15(10-7-8-10)12-5-4-6-13(16-2)11(12)9-14/h4-6,10H,3,7-9,14H2,1-2H3. The van der Waals surface area contributed by atoms with E-state index in [9.17, 15) is 0 Å². The highest BCUT2D eigenvalue weighted by Crippen LogP contribution is 2.36. The van der Waals surface area contributed by atoms with Crippen LogP contribution in [0.1, 0.15) is 25.3 Å². The van der Waals surface area contributed by atoms with Crippen LogP contribution in [0, 0.1) is 0 Å². The first-order chi connectivity index (χ1) is 7.81. The molecule has 2 N–H and O–H groups in total. The van der Waals surface area contributed by atoms with Crippen molar-refractivity contribution in [1.82, 2.24) is 0 Å². The number of thioether (sulfide) groups is 1. The van der Waals surface area contributed by atoms with Gasteiger partial charge in [-0.05, 0) is 38.2 Å². The van der Waals surface area contributed by atoms with Crippen molar-refractivity contribution < 1.29 is 0 Å². The third-order valence-electron chi connectivity index (χ3n) is 3.17. The molecular formula is C13H20N2S. The SMILES string of the molecule is CCN(c1cccc(SC)c1CN)C1CC1. The molecule has 0 aliphatic heterocycles. The van der Waals surface area contributed by atoms with E-state index >= 15 is 0 Å². The topological polar surface area (TPSA) is 29.3 Å². The van der Waals surface area contributed by atoms with Crippen LogP contribution in [0.25, 0.3) is 0 Å². The molecule has 0 saturated heterocycles. The van der Waals surface area contributed by atoms with Crippen LogP contribution < -0.4 is 10.6 Å². The van der Waals surface area contributed by atoms with Crippen LogP contribution in [-0.2, 0) is 6.54 Å². The average molecular weight is 236 g/mol. The van der Waals surface area contributed by atoms with Gasteiger partial charge in [-0.3, -0.25) is 0 Å². The molecule has 0 aromatic heterocycles. The fourth-order valence-corrected chi connectivity index (χ4v) is 2.88. The minimum Gasteiger partial charge on any atom is -0.369 e. The molecule has 2 rings (SSSR count). The first-order valence-electron chi connectivity index (χ1n) is 5.94. The summed E-state index contributed by atoms with van der Waals surface area (Å²) in [6.07, 6.45) is 4.79. The van der Waals surface area contributed by atoms with Gasteiger partial charge in [-0.25, -0.2) is 0 Å². The highest BCUT2D eigenvalue weighted by Gasteiger charge is 2.29. The van der Waals surface area contributed by atoms with Crippen molar-refractivity contribution in [3.05, 3.63) is 23.8 Å². The molecule has 3 heteroatoms. The zero-order valence-corrected chi connectivity index (χ0v) is 10.9. The molecule has 1 fully saturated rings. The van der Waals surface area contributed by atoms with E-state index in [-0.39, 0.29) is 0 Å². The van der Waals surface area contributed by atoms with Crippen LogP contribution in [0.2, 0.25) is 0 Å². The summed E-state index contributed by atoms with van der Waals surface area (Å²) in [6.45, 7) is 3.94. The molecule has 2 nitrogen and oxygen atoms in total. The minimum absolute atomic E-state index is 0.634. The normalized spacial score (nSPS) is 15.2. The van der Waals surface area contributed by atoms with Crippen LogP contribution in [0.3, 0.4) is 0 Å². The van der Waals surface area contributed by atoms with Crippen molar-refractivity contribution in [2.24, 2.45) is 5.73 Å². The molecule has 0 amide bonds. The number of benzene rings is 1. The molecule has 1 aromatic rings. The van der Waals surface area contributed by atoms with Crippen molar-refractivity contribution in [2.45, 2.75) is 37.2 Å². The van der Waals surface area contributed by atoms with E-state index in [2.05, 4.69) is 36.3 Å². The van der Waals surface area contributed by atoms with Crippen LogP contribution >= 0.6 is 11.8 Å². The van der Waals surface area contributed by atoms with Crippen molar-refractivity contribution in [3.8, 4) is 0 Å². The summed E-state index contributed by atoms with van der Waals surface area (Å²) in [6, 6.07) is 7.28. The van der Waals surface area contributed by atoms with Gasteiger partial charge in [-0.2, -0.15) is 0 Å². The maximum absolute atomic E-state index is 5.90. The first kappa shape index (κ1) is 11.8. The number of anilines is 1. The predicted octanol–water partition coefficient (Wildman–Crippen LogP) is 2.86. The zero-order valence-electron chi connectivity index (χ0n) is 10.1. The third-order valence-corrected chi connectivity index (χ3v) is 3.99. The van der Waals surface area contributed by atoms with Gasteiger partial charge in [-0.1, -0.05) is 6.07 Å². The monoisotopic (exact) mass is 236 g/mol. The quantitative estimate of drug-likeness (QED) is 0.797. The van der Waals surface area contributed by atoms with Crippen LogP contribution in [0.15, 0.2) is 23.1 Å². The Morgan fingerprint density at radius 1 is 1.44 bits per heavy atom. The van der Waals surface area contributed by atoms with E-state index in [0.717, 1.165) is 12.6 Å². The molecule has 1 saturated carbocycles. The van der Waals surface area contributed by atoms with Gasteiger partial charge in [0.15, 0.2) is 0 Å². The lowest BCUT2D eigenvalue weighted by Gasteiger charge is -2.26. The molecule has 0 unspecified atom stereocenters. The molecule has 0 atom stereocenters. The summed E-state index contributed by atoms with van der Waals surface area (Å²) in [5.41, 5.74) is 8.56. The van der Waals surface area contributed by atoms with E-state index in [1.54, 1.807) is 11.8 Å². The minimum atomic E-state index is 0.634. The van der Waals surface area contributed by atoms with Gasteiger partial charge in [0.2, 0.25) is 0 Å². The number of nitrogens with zero attached hydrogens (tertiary/aromatic N) is 1. The molecule has 1 aliphatic carbocycles. The number of hydrogen-bond donors (Lipinski definition) is 1. The molecule has 1 aliphatic rings. The van der Waals surface area contributed by atoms with Crippen LogP contribution in [0.5, 0.6) is 0 Å². The third kappa shape index (κ3) is 2.20. The summed E-state index contributed by atoms with van der Waals surface area (Å²) in [5, 5.41) is 0. The smallest absolute Gasteiger partial charge is 0.0425 e. The maximum atomic E-state index is 5.90. The Balaban J connectivity index is 2.37. The Morgan fingerprint density at radius 2 is 2.19 bits per heavy atom. The number of hydrogen-bond acceptors (Lipinski definition) is 3. The molecule has 0 bridgehead atoms. The Kier molecular flexibility index (Phi) is 3.77. The highest BCUT2D eigenvalue weighted by atomic mass is 32.2. The van der Waals surface area contributed by atoms with Crippen molar-refractivity contribution in [3.63, 3.8) is 0 Å². The summed E-state index contributed by atoms with van der Waals surface area (Å²) >= 11 is 1.79. The van der Waals surface area contributed by atoms with Gasteiger partial charge in [0, 0.05) is 35.3 Å². The molecule has 0 radical (unpaired) electrons. The van der Waals surface area contributed by atoms with Gasteiger partial charge in [-0.15, -0.1) is 11.8 Å². The Hall–Kier alpha value is -0.670. The predicted molar refractivity (Wildman–Crippen MR) is 72.2 cm³/mol. The lowest BCUT2D eigenvalue weighted by molar-refractivity contribution is 0.811. The Morgan fingerprint density at radius 3 is 2.69 bits per heavy atom. The molecular weight excluding hydrogens is 216 g/mol. The molecule has 0 heterocycles. The highest BCUT2D eigenvalue weighted by molar-refractivity contribution is 7.98. The fraction of sp³-hybridized carbons (Fsp3) is 0.538. The summed E-state index contributed by atoms with van der Waals surface area (Å²) in [5.74, 6) is 0. The number of rotatable bonds is 5. The Bertz CT molecular complexity index is 361. The maximum Gasteiger partial charge on any atom is 0.0425 e. The zero-order chi connectivity index (χ0) is 11.5. The van der Waals surface area contributed by atoms with Crippen LogP contribution in [-0.4, -0.2) is 18.8 Å². The fourth-order valence-electron chi connectivity index (χ4n) is 2.23. The molecule has 1 aromatic carbocycles. The average Bonchev–Trinajstić information content (AvgIpc) is 3.14. The second-order valence-corrected chi connectivity index (χ2v) is 5.03. The number of nitrogens with two attached hydrogens (primary N) is 1. The lowest BCUT2D eigenvalue weighted by Crippen LogP contribution is -2.26. The van der Waals surface area contributed by atoms with E-state index < -0.39 is 0 Å². The second-order valence-electron chi connectivity index (χ2n) is 4.18. The molecule has 88 valence electrons. The van der Waals surface area contributed by atoms with Gasteiger partial charge < -0.3 is 10.6 Å². The Labute approximate surface area is 102 Å².